The summed E-state index contributed by atoms with van der Waals surface area (Å²) in [4.78, 5) is 4.47. The van der Waals surface area contributed by atoms with Crippen LogP contribution in [0, 0.1) is 0 Å². The summed E-state index contributed by atoms with van der Waals surface area (Å²) < 4.78 is 0. The fraction of sp³-hybridized carbons (Fsp3) is 0.125. The second kappa shape index (κ2) is 6.12. The summed E-state index contributed by atoms with van der Waals surface area (Å²) in [6, 6.07) is 16.4. The molecular formula is C16H16N4. The molecular weight excluding hydrogens is 248 g/mol. The van der Waals surface area contributed by atoms with Gasteiger partial charge in [-0.2, -0.15) is 5.10 Å². The summed E-state index contributed by atoms with van der Waals surface area (Å²) in [7, 11) is 0. The molecule has 0 spiro atoms. The van der Waals surface area contributed by atoms with Crippen LogP contribution in [0.25, 0.3) is 0 Å². The van der Waals surface area contributed by atoms with Gasteiger partial charge in [0, 0.05) is 24.5 Å². The predicted octanol–water partition coefficient (Wildman–Crippen LogP) is 2.68. The fourth-order valence-electron chi connectivity index (χ4n) is 2.18. The molecule has 0 saturated heterocycles. The van der Waals surface area contributed by atoms with Gasteiger partial charge in [0.25, 0.3) is 0 Å². The zero-order chi connectivity index (χ0) is 13.6. The van der Waals surface area contributed by atoms with Gasteiger partial charge < -0.3 is 5.32 Å². The Morgan fingerprint density at radius 2 is 1.90 bits per heavy atom. The molecule has 2 N–H and O–H groups in total. The maximum Gasteiger partial charge on any atom is 0.0754 e. The Kier molecular flexibility index (Phi) is 3.85. The molecule has 1 atom stereocenters. The van der Waals surface area contributed by atoms with Gasteiger partial charge in [0.05, 0.1) is 17.9 Å². The first-order valence-electron chi connectivity index (χ1n) is 6.60. The summed E-state index contributed by atoms with van der Waals surface area (Å²) in [5.74, 6) is 0. The number of hydrogen-bond acceptors (Lipinski definition) is 3. The van der Waals surface area contributed by atoms with Crippen LogP contribution in [-0.4, -0.2) is 15.2 Å². The number of nitrogens with zero attached hydrogens (tertiary/aromatic N) is 2. The van der Waals surface area contributed by atoms with Crippen molar-refractivity contribution in [3.63, 3.8) is 0 Å². The number of H-pyrrole nitrogens is 1. The van der Waals surface area contributed by atoms with E-state index in [-0.39, 0.29) is 6.04 Å². The molecule has 0 saturated carbocycles. The maximum absolute atomic E-state index is 4.47. The van der Waals surface area contributed by atoms with E-state index in [2.05, 4.69) is 32.6 Å². The summed E-state index contributed by atoms with van der Waals surface area (Å²) in [5, 5.41) is 10.3. The Morgan fingerprint density at radius 1 is 1.05 bits per heavy atom. The van der Waals surface area contributed by atoms with Gasteiger partial charge in [0.15, 0.2) is 0 Å². The molecule has 0 amide bonds. The van der Waals surface area contributed by atoms with E-state index in [9.17, 15) is 0 Å². The number of aromatic nitrogens is 3. The molecule has 0 bridgehead atoms. The van der Waals surface area contributed by atoms with Crippen molar-refractivity contribution in [3.8, 4) is 0 Å². The van der Waals surface area contributed by atoms with Crippen LogP contribution in [0.15, 0.2) is 67.1 Å². The molecule has 3 rings (SSSR count). The number of aromatic amines is 1. The van der Waals surface area contributed by atoms with E-state index in [4.69, 9.17) is 0 Å². The molecule has 20 heavy (non-hydrogen) atoms. The average molecular weight is 264 g/mol. The minimum absolute atomic E-state index is 0.0762. The smallest absolute Gasteiger partial charge is 0.0754 e. The molecule has 0 aliphatic rings. The van der Waals surface area contributed by atoms with Crippen molar-refractivity contribution in [2.45, 2.75) is 12.6 Å². The van der Waals surface area contributed by atoms with Crippen molar-refractivity contribution in [1.82, 2.24) is 20.5 Å². The van der Waals surface area contributed by atoms with Crippen LogP contribution in [0.3, 0.4) is 0 Å². The third kappa shape index (κ3) is 2.92. The number of hydrogen-bond donors (Lipinski definition) is 2. The third-order valence-corrected chi connectivity index (χ3v) is 3.18. The number of rotatable bonds is 5. The van der Waals surface area contributed by atoms with Gasteiger partial charge in [-0.05, 0) is 17.7 Å². The first-order valence-corrected chi connectivity index (χ1v) is 6.60. The van der Waals surface area contributed by atoms with Gasteiger partial charge in [-0.15, -0.1) is 0 Å². The highest BCUT2D eigenvalue weighted by Gasteiger charge is 2.14. The van der Waals surface area contributed by atoms with Gasteiger partial charge in [0.1, 0.15) is 0 Å². The predicted molar refractivity (Wildman–Crippen MR) is 77.9 cm³/mol. The normalized spacial score (nSPS) is 12.2. The number of pyridine rings is 1. The van der Waals surface area contributed by atoms with E-state index in [1.807, 2.05) is 55.0 Å². The molecule has 2 heterocycles. The lowest BCUT2D eigenvalue weighted by atomic mass is 10.0. The Labute approximate surface area is 117 Å². The molecule has 4 nitrogen and oxygen atoms in total. The molecule has 100 valence electrons. The van der Waals surface area contributed by atoms with Gasteiger partial charge >= 0.3 is 0 Å². The second-order valence-electron chi connectivity index (χ2n) is 4.59. The van der Waals surface area contributed by atoms with Gasteiger partial charge in [0.2, 0.25) is 0 Å². The molecule has 0 aliphatic heterocycles. The van der Waals surface area contributed by atoms with Crippen molar-refractivity contribution >= 4 is 0 Å². The van der Waals surface area contributed by atoms with Crippen LogP contribution in [0.2, 0.25) is 0 Å². The lowest BCUT2D eigenvalue weighted by Crippen LogP contribution is -2.22. The highest BCUT2D eigenvalue weighted by atomic mass is 15.1. The summed E-state index contributed by atoms with van der Waals surface area (Å²) in [5.41, 5.74) is 3.35. The Balaban J connectivity index is 1.84. The Hall–Kier alpha value is -2.46. The zero-order valence-electron chi connectivity index (χ0n) is 11.0. The highest BCUT2D eigenvalue weighted by molar-refractivity contribution is 5.27. The number of benzene rings is 1. The second-order valence-corrected chi connectivity index (χ2v) is 4.59. The average Bonchev–Trinajstić information content (AvgIpc) is 3.03. The Bertz CT molecular complexity index is 581. The molecule has 2 aromatic heterocycles. The zero-order valence-corrected chi connectivity index (χ0v) is 11.0. The quantitative estimate of drug-likeness (QED) is 0.745. The van der Waals surface area contributed by atoms with E-state index in [0.717, 1.165) is 17.8 Å². The summed E-state index contributed by atoms with van der Waals surface area (Å²) in [6.07, 6.45) is 5.55. The van der Waals surface area contributed by atoms with E-state index in [1.54, 1.807) is 0 Å². The minimum atomic E-state index is 0.0762. The maximum atomic E-state index is 4.47. The SMILES string of the molecule is c1ccc(C(NCc2cn[nH]c2)c2ccccn2)cc1. The van der Waals surface area contributed by atoms with Crippen molar-refractivity contribution < 1.29 is 0 Å². The molecule has 1 aromatic carbocycles. The lowest BCUT2D eigenvalue weighted by molar-refractivity contribution is 0.592. The van der Waals surface area contributed by atoms with E-state index >= 15 is 0 Å². The van der Waals surface area contributed by atoms with E-state index in [0.29, 0.717) is 0 Å². The first-order chi connectivity index (χ1) is 9.93. The van der Waals surface area contributed by atoms with E-state index < -0.39 is 0 Å². The summed E-state index contributed by atoms with van der Waals surface area (Å²) in [6.45, 7) is 0.743. The molecule has 0 aliphatic carbocycles. The van der Waals surface area contributed by atoms with Crippen molar-refractivity contribution in [2.75, 3.05) is 0 Å². The summed E-state index contributed by atoms with van der Waals surface area (Å²) >= 11 is 0. The third-order valence-electron chi connectivity index (χ3n) is 3.18. The van der Waals surface area contributed by atoms with Crippen LogP contribution in [0.4, 0.5) is 0 Å². The molecule has 0 radical (unpaired) electrons. The standard InChI is InChI=1S/C16H16N4/c1-2-6-14(7-3-1)16(15-8-4-5-9-17-15)18-10-13-11-19-20-12-13/h1-9,11-12,16,18H,10H2,(H,19,20). The number of nitrogens with one attached hydrogen (secondary N) is 2. The van der Waals surface area contributed by atoms with Crippen LogP contribution < -0.4 is 5.32 Å². The van der Waals surface area contributed by atoms with Crippen molar-refractivity contribution in [3.05, 3.63) is 83.9 Å². The van der Waals surface area contributed by atoms with Crippen molar-refractivity contribution in [1.29, 1.82) is 0 Å². The van der Waals surface area contributed by atoms with Gasteiger partial charge in [-0.3, -0.25) is 10.1 Å². The van der Waals surface area contributed by atoms with Crippen LogP contribution >= 0.6 is 0 Å². The van der Waals surface area contributed by atoms with Gasteiger partial charge in [-0.25, -0.2) is 0 Å². The largest absolute Gasteiger partial charge is 0.301 e. The Morgan fingerprint density at radius 3 is 2.60 bits per heavy atom. The van der Waals surface area contributed by atoms with E-state index in [1.165, 1.54) is 5.56 Å². The fourth-order valence-corrected chi connectivity index (χ4v) is 2.18. The lowest BCUT2D eigenvalue weighted by Gasteiger charge is -2.18. The molecule has 1 unspecified atom stereocenters. The minimum Gasteiger partial charge on any atom is -0.301 e. The topological polar surface area (TPSA) is 53.6 Å². The molecule has 3 aromatic rings. The molecule has 4 heteroatoms. The van der Waals surface area contributed by atoms with Crippen LogP contribution in [0.5, 0.6) is 0 Å². The monoisotopic (exact) mass is 264 g/mol. The van der Waals surface area contributed by atoms with Gasteiger partial charge in [-0.1, -0.05) is 36.4 Å². The van der Waals surface area contributed by atoms with Crippen molar-refractivity contribution in [2.24, 2.45) is 0 Å². The molecule has 0 fully saturated rings. The van der Waals surface area contributed by atoms with Crippen LogP contribution in [-0.2, 0) is 6.54 Å². The van der Waals surface area contributed by atoms with Crippen LogP contribution in [0.1, 0.15) is 22.9 Å². The first kappa shape index (κ1) is 12.6. The highest BCUT2D eigenvalue weighted by Crippen LogP contribution is 2.20.